The molecule has 14 aromatic rings. The highest BCUT2D eigenvalue weighted by atomic mass is 32.1. The van der Waals surface area contributed by atoms with E-state index in [2.05, 4.69) is 205 Å². The fourth-order valence-corrected chi connectivity index (χ4v) is 13.0. The SMILES string of the molecule is Cc1c(-n2c3ccccc3c3ccccc32)c(-c2nc(-c3ccccc3)nc(-c3cc4c(sc5ccccc54)c(C)c3-n3c4ccccc4c4ccccc43)n2)cc2c1sc1ccccc12. The molecule has 0 atom stereocenters. The third kappa shape index (κ3) is 5.35. The molecule has 5 heterocycles. The Bertz CT molecular complexity index is 3960. The lowest BCUT2D eigenvalue weighted by atomic mass is 10.00. The summed E-state index contributed by atoms with van der Waals surface area (Å²) in [4.78, 5) is 16.8. The average molecular weight is 880 g/mol. The van der Waals surface area contributed by atoms with Crippen molar-refractivity contribution in [2.24, 2.45) is 0 Å². The van der Waals surface area contributed by atoms with E-state index < -0.39 is 0 Å². The molecule has 5 aromatic heterocycles. The lowest BCUT2D eigenvalue weighted by Gasteiger charge is -2.20. The predicted molar refractivity (Wildman–Crippen MR) is 280 cm³/mol. The van der Waals surface area contributed by atoms with Crippen molar-refractivity contribution in [3.63, 3.8) is 0 Å². The van der Waals surface area contributed by atoms with Crippen LogP contribution in [0.4, 0.5) is 0 Å². The van der Waals surface area contributed by atoms with Gasteiger partial charge >= 0.3 is 0 Å². The van der Waals surface area contributed by atoms with Crippen LogP contribution in [0.1, 0.15) is 11.1 Å². The van der Waals surface area contributed by atoms with E-state index in [9.17, 15) is 0 Å². The topological polar surface area (TPSA) is 48.5 Å². The predicted octanol–water partition coefficient (Wildman–Crippen LogP) is 16.4. The van der Waals surface area contributed by atoms with E-state index in [1.165, 1.54) is 73.0 Å². The summed E-state index contributed by atoms with van der Waals surface area (Å²) in [5.41, 5.74) is 11.9. The molecule has 14 rings (SSSR count). The molecule has 0 unspecified atom stereocenters. The molecule has 0 aliphatic heterocycles. The average Bonchev–Trinajstić information content (AvgIpc) is 4.13. The Hall–Kier alpha value is -7.97. The van der Waals surface area contributed by atoms with E-state index in [-0.39, 0.29) is 0 Å². The molecule has 5 nitrogen and oxygen atoms in total. The highest BCUT2D eigenvalue weighted by Gasteiger charge is 2.27. The van der Waals surface area contributed by atoms with Crippen molar-refractivity contribution in [2.45, 2.75) is 13.8 Å². The third-order valence-electron chi connectivity index (χ3n) is 13.5. The second-order valence-electron chi connectivity index (χ2n) is 17.2. The molecule has 0 radical (unpaired) electrons. The Labute approximate surface area is 387 Å². The van der Waals surface area contributed by atoms with E-state index in [0.29, 0.717) is 17.5 Å². The van der Waals surface area contributed by atoms with Crippen LogP contribution >= 0.6 is 22.7 Å². The summed E-state index contributed by atoms with van der Waals surface area (Å²) >= 11 is 3.71. The van der Waals surface area contributed by atoms with Gasteiger partial charge in [0, 0.05) is 78.6 Å². The molecule has 0 N–H and O–H groups in total. The second kappa shape index (κ2) is 14.3. The first-order chi connectivity index (χ1) is 32.6. The van der Waals surface area contributed by atoms with E-state index in [4.69, 9.17) is 15.0 Å². The number of aryl methyl sites for hydroxylation is 2. The maximum atomic E-state index is 5.74. The van der Waals surface area contributed by atoms with Gasteiger partial charge in [0.2, 0.25) is 0 Å². The molecule has 0 fully saturated rings. The fourth-order valence-electron chi connectivity index (χ4n) is 10.6. The minimum Gasteiger partial charge on any atom is -0.308 e. The molecule has 0 amide bonds. The van der Waals surface area contributed by atoms with Gasteiger partial charge in [-0.25, -0.2) is 15.0 Å². The summed E-state index contributed by atoms with van der Waals surface area (Å²) in [6.45, 7) is 4.55. The number of benzene rings is 9. The monoisotopic (exact) mass is 879 g/mol. The van der Waals surface area contributed by atoms with Crippen LogP contribution in [0.15, 0.2) is 188 Å². The van der Waals surface area contributed by atoms with Crippen LogP contribution in [-0.4, -0.2) is 24.1 Å². The van der Waals surface area contributed by atoms with E-state index in [1.807, 2.05) is 28.7 Å². The largest absolute Gasteiger partial charge is 0.308 e. The summed E-state index contributed by atoms with van der Waals surface area (Å²) in [6.07, 6.45) is 0. The second-order valence-corrected chi connectivity index (χ2v) is 19.3. The van der Waals surface area contributed by atoms with Gasteiger partial charge in [-0.2, -0.15) is 0 Å². The van der Waals surface area contributed by atoms with Crippen molar-refractivity contribution < 1.29 is 0 Å². The van der Waals surface area contributed by atoms with Crippen LogP contribution in [0.5, 0.6) is 0 Å². The minimum atomic E-state index is 0.622. The van der Waals surface area contributed by atoms with Gasteiger partial charge in [-0.1, -0.05) is 140 Å². The van der Waals surface area contributed by atoms with Crippen molar-refractivity contribution in [3.8, 4) is 45.5 Å². The normalized spacial score (nSPS) is 12.1. The number of rotatable bonds is 5. The molecular formula is C59H37N5S2. The highest BCUT2D eigenvalue weighted by Crippen LogP contribution is 2.47. The van der Waals surface area contributed by atoms with Crippen molar-refractivity contribution in [3.05, 3.63) is 199 Å². The van der Waals surface area contributed by atoms with Crippen LogP contribution in [0.3, 0.4) is 0 Å². The van der Waals surface area contributed by atoms with E-state index in [1.54, 1.807) is 0 Å². The van der Waals surface area contributed by atoms with Crippen LogP contribution in [0.2, 0.25) is 0 Å². The summed E-state index contributed by atoms with van der Waals surface area (Å²) < 4.78 is 9.92. The summed E-state index contributed by atoms with van der Waals surface area (Å²) in [7, 11) is 0. The lowest BCUT2D eigenvalue weighted by molar-refractivity contribution is 1.05. The van der Waals surface area contributed by atoms with Crippen LogP contribution in [0, 0.1) is 13.8 Å². The maximum absolute atomic E-state index is 5.74. The number of para-hydroxylation sites is 4. The molecule has 310 valence electrons. The zero-order valence-corrected chi connectivity index (χ0v) is 37.6. The Kier molecular flexibility index (Phi) is 8.09. The van der Waals surface area contributed by atoms with Gasteiger partial charge < -0.3 is 9.13 Å². The number of hydrogen-bond donors (Lipinski definition) is 0. The van der Waals surface area contributed by atoms with Crippen molar-refractivity contribution in [1.82, 2.24) is 24.1 Å². The minimum absolute atomic E-state index is 0.622. The van der Waals surface area contributed by atoms with Gasteiger partial charge in [-0.3, -0.25) is 0 Å². The standard InChI is InChI=1S/C59H37N5S2/c1-34-53(63-47-26-12-6-20-37(47)38-21-7-13-27-48(38)63)45(32-43-41-24-10-16-30-51(41)65-55(34)43)58-60-57(36-18-4-3-5-19-36)61-59(62-58)46-33-44-42-25-11-17-31-52(42)66-56(44)35(2)54(46)64-49-28-14-8-22-39(49)40-23-9-15-29-50(40)64/h3-33H,1-2H3. The molecule has 0 bridgehead atoms. The Morgan fingerprint density at radius 2 is 0.667 bits per heavy atom. The lowest BCUT2D eigenvalue weighted by Crippen LogP contribution is -2.07. The van der Waals surface area contributed by atoms with Crippen LogP contribution in [0.25, 0.3) is 129 Å². The number of thiophene rings is 2. The molecule has 0 spiro atoms. The Morgan fingerprint density at radius 1 is 0.333 bits per heavy atom. The number of fused-ring (bicyclic) bond motifs is 12. The number of hydrogen-bond acceptors (Lipinski definition) is 5. The van der Waals surface area contributed by atoms with Gasteiger partial charge in [0.15, 0.2) is 17.5 Å². The first-order valence-electron chi connectivity index (χ1n) is 22.3. The molecule has 0 aliphatic carbocycles. The first kappa shape index (κ1) is 37.4. The zero-order valence-electron chi connectivity index (χ0n) is 36.0. The molecule has 0 aliphatic rings. The van der Waals surface area contributed by atoms with Gasteiger partial charge in [-0.15, -0.1) is 22.7 Å². The van der Waals surface area contributed by atoms with Gasteiger partial charge in [0.05, 0.1) is 33.4 Å². The fraction of sp³-hybridized carbons (Fsp3) is 0.0339. The third-order valence-corrected chi connectivity index (χ3v) is 16.1. The van der Waals surface area contributed by atoms with Crippen molar-refractivity contribution >= 4 is 107 Å². The quantitative estimate of drug-likeness (QED) is 0.173. The number of aromatic nitrogens is 5. The van der Waals surface area contributed by atoms with Gasteiger partial charge in [0.1, 0.15) is 0 Å². The van der Waals surface area contributed by atoms with Crippen LogP contribution in [-0.2, 0) is 0 Å². The van der Waals surface area contributed by atoms with Crippen LogP contribution < -0.4 is 0 Å². The highest BCUT2D eigenvalue weighted by molar-refractivity contribution is 7.26. The molecule has 0 saturated heterocycles. The summed E-state index contributed by atoms with van der Waals surface area (Å²) in [6, 6.07) is 67.6. The molecule has 9 aromatic carbocycles. The Balaban J connectivity index is 1.15. The van der Waals surface area contributed by atoms with Crippen molar-refractivity contribution in [2.75, 3.05) is 0 Å². The van der Waals surface area contributed by atoms with E-state index >= 15 is 0 Å². The van der Waals surface area contributed by atoms with Crippen molar-refractivity contribution in [1.29, 1.82) is 0 Å². The van der Waals surface area contributed by atoms with Gasteiger partial charge in [0.25, 0.3) is 0 Å². The summed E-state index contributed by atoms with van der Waals surface area (Å²) in [5, 5.41) is 9.68. The smallest absolute Gasteiger partial charge is 0.166 e. The summed E-state index contributed by atoms with van der Waals surface area (Å²) in [5.74, 6) is 1.87. The molecule has 66 heavy (non-hydrogen) atoms. The zero-order chi connectivity index (χ0) is 43.6. The number of nitrogens with zero attached hydrogens (tertiary/aromatic N) is 5. The first-order valence-corrected chi connectivity index (χ1v) is 23.9. The van der Waals surface area contributed by atoms with Gasteiger partial charge in [-0.05, 0) is 73.5 Å². The molecule has 0 saturated carbocycles. The molecular weight excluding hydrogens is 843 g/mol. The molecule has 7 heteroatoms. The maximum Gasteiger partial charge on any atom is 0.166 e. The van der Waals surface area contributed by atoms with E-state index in [0.717, 1.165) is 50.1 Å². The Morgan fingerprint density at radius 3 is 1.08 bits per heavy atom.